The van der Waals surface area contributed by atoms with Crippen molar-refractivity contribution < 1.29 is 4.79 Å². The van der Waals surface area contributed by atoms with Gasteiger partial charge >= 0.3 is 0 Å². The fourth-order valence-corrected chi connectivity index (χ4v) is 2.89. The molecule has 3 heteroatoms. The standard InChI is InChI=1S/C14H28N2O/c1-4-12-8-7-9-13(12)15-11-10-14(17)16(5-2)6-3/h12-13,15H,4-11H2,1-3H3. The number of hydrogen-bond acceptors (Lipinski definition) is 2. The number of carbonyl (C=O) groups excluding carboxylic acids is 1. The molecule has 0 radical (unpaired) electrons. The van der Waals surface area contributed by atoms with Gasteiger partial charge in [-0.1, -0.05) is 19.8 Å². The van der Waals surface area contributed by atoms with Gasteiger partial charge in [0.05, 0.1) is 0 Å². The zero-order chi connectivity index (χ0) is 12.7. The molecule has 1 saturated carbocycles. The summed E-state index contributed by atoms with van der Waals surface area (Å²) in [7, 11) is 0. The van der Waals surface area contributed by atoms with Crippen LogP contribution in [-0.2, 0) is 4.79 Å². The van der Waals surface area contributed by atoms with Crippen LogP contribution in [0.3, 0.4) is 0 Å². The summed E-state index contributed by atoms with van der Waals surface area (Å²) < 4.78 is 0. The average molecular weight is 240 g/mol. The van der Waals surface area contributed by atoms with Gasteiger partial charge in [-0.2, -0.15) is 0 Å². The Morgan fingerprint density at radius 3 is 2.53 bits per heavy atom. The van der Waals surface area contributed by atoms with Gasteiger partial charge in [0, 0.05) is 32.1 Å². The molecule has 1 aliphatic rings. The Balaban J connectivity index is 2.20. The van der Waals surface area contributed by atoms with Crippen LogP contribution in [0.25, 0.3) is 0 Å². The van der Waals surface area contributed by atoms with E-state index in [4.69, 9.17) is 0 Å². The molecule has 0 aliphatic heterocycles. The average Bonchev–Trinajstić information content (AvgIpc) is 2.78. The van der Waals surface area contributed by atoms with E-state index in [1.54, 1.807) is 0 Å². The normalized spacial score (nSPS) is 23.9. The van der Waals surface area contributed by atoms with Crippen LogP contribution in [0, 0.1) is 5.92 Å². The topological polar surface area (TPSA) is 32.3 Å². The van der Waals surface area contributed by atoms with Crippen LogP contribution in [0.2, 0.25) is 0 Å². The van der Waals surface area contributed by atoms with Crippen molar-refractivity contribution in [3.63, 3.8) is 0 Å². The zero-order valence-electron chi connectivity index (χ0n) is 11.7. The highest BCUT2D eigenvalue weighted by atomic mass is 16.2. The van der Waals surface area contributed by atoms with Gasteiger partial charge in [0.15, 0.2) is 0 Å². The Morgan fingerprint density at radius 1 is 1.24 bits per heavy atom. The second kappa shape index (κ2) is 7.70. The van der Waals surface area contributed by atoms with Gasteiger partial charge in [0.1, 0.15) is 0 Å². The largest absolute Gasteiger partial charge is 0.343 e. The van der Waals surface area contributed by atoms with Gasteiger partial charge in [-0.05, 0) is 32.6 Å². The highest BCUT2D eigenvalue weighted by molar-refractivity contribution is 5.76. The maximum Gasteiger partial charge on any atom is 0.223 e. The molecule has 0 bridgehead atoms. The second-order valence-electron chi connectivity index (χ2n) is 4.98. The Kier molecular flexibility index (Phi) is 6.56. The molecule has 17 heavy (non-hydrogen) atoms. The molecule has 0 aromatic rings. The van der Waals surface area contributed by atoms with Crippen molar-refractivity contribution in [3.05, 3.63) is 0 Å². The van der Waals surface area contributed by atoms with Crippen molar-refractivity contribution in [1.29, 1.82) is 0 Å². The molecule has 1 rings (SSSR count). The lowest BCUT2D eigenvalue weighted by Gasteiger charge is -2.22. The maximum absolute atomic E-state index is 11.8. The van der Waals surface area contributed by atoms with Crippen molar-refractivity contribution in [2.45, 2.75) is 58.9 Å². The first-order valence-corrected chi connectivity index (χ1v) is 7.24. The highest BCUT2D eigenvalue weighted by Crippen LogP contribution is 2.27. The molecular formula is C14H28N2O. The monoisotopic (exact) mass is 240 g/mol. The minimum atomic E-state index is 0.286. The summed E-state index contributed by atoms with van der Waals surface area (Å²) in [5.41, 5.74) is 0. The molecule has 1 amide bonds. The predicted molar refractivity (Wildman–Crippen MR) is 72.0 cm³/mol. The van der Waals surface area contributed by atoms with Gasteiger partial charge in [-0.15, -0.1) is 0 Å². The lowest BCUT2D eigenvalue weighted by atomic mass is 10.0. The van der Waals surface area contributed by atoms with E-state index in [2.05, 4.69) is 12.2 Å². The highest BCUT2D eigenvalue weighted by Gasteiger charge is 2.25. The van der Waals surface area contributed by atoms with E-state index in [0.29, 0.717) is 12.5 Å². The maximum atomic E-state index is 11.8. The van der Waals surface area contributed by atoms with Crippen LogP contribution in [0.4, 0.5) is 0 Å². The Hall–Kier alpha value is -0.570. The van der Waals surface area contributed by atoms with Gasteiger partial charge in [0.2, 0.25) is 5.91 Å². The van der Waals surface area contributed by atoms with E-state index in [-0.39, 0.29) is 5.91 Å². The third kappa shape index (κ3) is 4.30. The number of nitrogens with zero attached hydrogens (tertiary/aromatic N) is 1. The van der Waals surface area contributed by atoms with E-state index in [1.807, 2.05) is 18.7 Å². The summed E-state index contributed by atoms with van der Waals surface area (Å²) in [6.45, 7) is 8.85. The molecule has 1 N–H and O–H groups in total. The van der Waals surface area contributed by atoms with Crippen LogP contribution in [-0.4, -0.2) is 36.5 Å². The van der Waals surface area contributed by atoms with Crippen molar-refractivity contribution in [2.75, 3.05) is 19.6 Å². The number of carbonyl (C=O) groups is 1. The van der Waals surface area contributed by atoms with Crippen LogP contribution >= 0.6 is 0 Å². The number of rotatable bonds is 7. The quantitative estimate of drug-likeness (QED) is 0.741. The second-order valence-corrected chi connectivity index (χ2v) is 4.98. The van der Waals surface area contributed by atoms with E-state index in [0.717, 1.165) is 25.6 Å². The summed E-state index contributed by atoms with van der Waals surface area (Å²) in [6.07, 6.45) is 5.91. The van der Waals surface area contributed by atoms with Crippen molar-refractivity contribution >= 4 is 5.91 Å². The molecule has 100 valence electrons. The van der Waals surface area contributed by atoms with Crippen LogP contribution in [0.5, 0.6) is 0 Å². The first kappa shape index (κ1) is 14.5. The predicted octanol–water partition coefficient (Wildman–Crippen LogP) is 2.41. The molecule has 0 heterocycles. The summed E-state index contributed by atoms with van der Waals surface area (Å²) in [5, 5.41) is 3.57. The molecule has 0 spiro atoms. The van der Waals surface area contributed by atoms with Crippen LogP contribution in [0.15, 0.2) is 0 Å². The third-order valence-corrected chi connectivity index (χ3v) is 4.04. The molecule has 0 aromatic heterocycles. The van der Waals surface area contributed by atoms with E-state index < -0.39 is 0 Å². The van der Waals surface area contributed by atoms with Gasteiger partial charge in [-0.3, -0.25) is 4.79 Å². The van der Waals surface area contributed by atoms with Gasteiger partial charge in [0.25, 0.3) is 0 Å². The van der Waals surface area contributed by atoms with E-state index in [1.165, 1.54) is 25.7 Å². The molecule has 2 atom stereocenters. The number of hydrogen-bond donors (Lipinski definition) is 1. The third-order valence-electron chi connectivity index (χ3n) is 4.04. The first-order chi connectivity index (χ1) is 8.22. The van der Waals surface area contributed by atoms with Crippen molar-refractivity contribution in [2.24, 2.45) is 5.92 Å². The molecular weight excluding hydrogens is 212 g/mol. The minimum absolute atomic E-state index is 0.286. The SMILES string of the molecule is CCC1CCCC1NCCC(=O)N(CC)CC. The molecule has 1 aliphatic carbocycles. The Labute approximate surface area is 106 Å². The fraction of sp³-hybridized carbons (Fsp3) is 0.929. The molecule has 0 aromatic carbocycles. The smallest absolute Gasteiger partial charge is 0.223 e. The Morgan fingerprint density at radius 2 is 1.94 bits per heavy atom. The van der Waals surface area contributed by atoms with Gasteiger partial charge in [-0.25, -0.2) is 0 Å². The summed E-state index contributed by atoms with van der Waals surface area (Å²) >= 11 is 0. The fourth-order valence-electron chi connectivity index (χ4n) is 2.89. The van der Waals surface area contributed by atoms with Gasteiger partial charge < -0.3 is 10.2 Å². The van der Waals surface area contributed by atoms with Crippen molar-refractivity contribution in [1.82, 2.24) is 10.2 Å². The zero-order valence-corrected chi connectivity index (χ0v) is 11.7. The van der Waals surface area contributed by atoms with Crippen LogP contribution in [0.1, 0.15) is 52.9 Å². The molecule has 0 saturated heterocycles. The number of amides is 1. The van der Waals surface area contributed by atoms with Crippen LogP contribution < -0.4 is 5.32 Å². The Bertz CT molecular complexity index is 226. The lowest BCUT2D eigenvalue weighted by molar-refractivity contribution is -0.130. The summed E-state index contributed by atoms with van der Waals surface area (Å²) in [4.78, 5) is 13.7. The summed E-state index contributed by atoms with van der Waals surface area (Å²) in [5.74, 6) is 1.12. The lowest BCUT2D eigenvalue weighted by Crippen LogP contribution is -2.37. The first-order valence-electron chi connectivity index (χ1n) is 7.24. The molecule has 2 unspecified atom stereocenters. The van der Waals surface area contributed by atoms with E-state index >= 15 is 0 Å². The molecule has 3 nitrogen and oxygen atoms in total. The summed E-state index contributed by atoms with van der Waals surface area (Å²) in [6, 6.07) is 0.657. The van der Waals surface area contributed by atoms with Crippen molar-refractivity contribution in [3.8, 4) is 0 Å². The van der Waals surface area contributed by atoms with E-state index in [9.17, 15) is 4.79 Å². The molecule has 1 fully saturated rings. The minimum Gasteiger partial charge on any atom is -0.343 e. The number of nitrogens with one attached hydrogen (secondary N) is 1.